The number of halogens is 2. The van der Waals surface area contributed by atoms with Gasteiger partial charge in [0.15, 0.2) is 0 Å². The summed E-state index contributed by atoms with van der Waals surface area (Å²) in [5, 5.41) is 13.3. The van der Waals surface area contributed by atoms with Crippen LogP contribution in [0.3, 0.4) is 0 Å². The molecule has 4 rings (SSSR count). The molecular formula is C21H15ClFN3O5S. The first kappa shape index (κ1) is 21.7. The van der Waals surface area contributed by atoms with Crippen LogP contribution in [0.25, 0.3) is 0 Å². The summed E-state index contributed by atoms with van der Waals surface area (Å²) in [6, 6.07) is 13.8. The maximum atomic E-state index is 13.5. The van der Waals surface area contributed by atoms with Gasteiger partial charge in [-0.15, -0.1) is 0 Å². The van der Waals surface area contributed by atoms with Gasteiger partial charge in [0.25, 0.3) is 15.9 Å². The van der Waals surface area contributed by atoms with Crippen LogP contribution in [0.15, 0.2) is 65.6 Å². The number of nitrogens with one attached hydrogen (secondary N) is 1. The van der Waals surface area contributed by atoms with Crippen molar-refractivity contribution in [3.63, 3.8) is 0 Å². The molecule has 0 fully saturated rings. The largest absolute Gasteiger partial charge is 0.322 e. The SMILES string of the molecule is O=C(Nc1ccc(F)c([N+](=O)[O-])c1)c1ccc(Cl)c(S(=O)(=O)N2CCc3ccccc32)c1. The van der Waals surface area contributed by atoms with E-state index in [2.05, 4.69) is 5.32 Å². The number of anilines is 2. The van der Waals surface area contributed by atoms with Gasteiger partial charge in [-0.2, -0.15) is 4.39 Å². The Labute approximate surface area is 187 Å². The van der Waals surface area contributed by atoms with Gasteiger partial charge >= 0.3 is 5.69 Å². The normalized spacial score (nSPS) is 13.0. The minimum atomic E-state index is -4.05. The van der Waals surface area contributed by atoms with Gasteiger partial charge in [0.05, 0.1) is 15.6 Å². The van der Waals surface area contributed by atoms with E-state index >= 15 is 0 Å². The van der Waals surface area contributed by atoms with Gasteiger partial charge in [0.1, 0.15) is 4.90 Å². The van der Waals surface area contributed by atoms with Crippen molar-refractivity contribution in [1.29, 1.82) is 0 Å². The average Bonchev–Trinajstić information content (AvgIpc) is 3.20. The van der Waals surface area contributed by atoms with Crippen LogP contribution in [0, 0.1) is 15.9 Å². The first-order valence-electron chi connectivity index (χ1n) is 9.34. The lowest BCUT2D eigenvalue weighted by molar-refractivity contribution is -0.387. The van der Waals surface area contributed by atoms with E-state index in [-0.39, 0.29) is 27.7 Å². The van der Waals surface area contributed by atoms with E-state index in [0.717, 1.165) is 29.8 Å². The number of amides is 1. The quantitative estimate of drug-likeness (QED) is 0.434. The average molecular weight is 476 g/mol. The van der Waals surface area contributed by atoms with Crippen molar-refractivity contribution >= 4 is 44.6 Å². The smallest absolute Gasteiger partial charge is 0.306 e. The first-order valence-corrected chi connectivity index (χ1v) is 11.2. The molecule has 0 spiro atoms. The molecule has 1 heterocycles. The number of rotatable bonds is 5. The summed E-state index contributed by atoms with van der Waals surface area (Å²) in [6.45, 7) is 0.244. The van der Waals surface area contributed by atoms with Crippen molar-refractivity contribution in [2.24, 2.45) is 0 Å². The van der Waals surface area contributed by atoms with E-state index in [9.17, 15) is 27.7 Å². The molecule has 1 aliphatic heterocycles. The molecule has 0 bridgehead atoms. The van der Waals surface area contributed by atoms with Crippen LogP contribution in [0.1, 0.15) is 15.9 Å². The molecule has 0 atom stereocenters. The molecule has 0 aromatic heterocycles. The number of carbonyl (C=O) groups is 1. The van der Waals surface area contributed by atoms with E-state index in [1.54, 1.807) is 12.1 Å². The monoisotopic (exact) mass is 475 g/mol. The number of sulfonamides is 1. The molecular weight excluding hydrogens is 461 g/mol. The Bertz CT molecular complexity index is 1360. The van der Waals surface area contributed by atoms with Crippen molar-refractivity contribution in [3.05, 3.63) is 92.7 Å². The Kier molecular flexibility index (Phi) is 5.57. The van der Waals surface area contributed by atoms with Gasteiger partial charge in [0, 0.05) is 23.9 Å². The summed E-state index contributed by atoms with van der Waals surface area (Å²) >= 11 is 6.17. The first-order chi connectivity index (χ1) is 15.2. The van der Waals surface area contributed by atoms with Crippen LogP contribution < -0.4 is 9.62 Å². The van der Waals surface area contributed by atoms with Gasteiger partial charge in [-0.05, 0) is 48.4 Å². The molecule has 3 aromatic carbocycles. The third-order valence-electron chi connectivity index (χ3n) is 5.01. The van der Waals surface area contributed by atoms with Crippen LogP contribution in [0.5, 0.6) is 0 Å². The molecule has 11 heteroatoms. The number of carbonyl (C=O) groups excluding carboxylic acids is 1. The Morgan fingerprint density at radius 1 is 1.12 bits per heavy atom. The fourth-order valence-electron chi connectivity index (χ4n) is 3.45. The fourth-order valence-corrected chi connectivity index (χ4v) is 5.46. The standard InChI is InChI=1S/C21H15ClFN3O5S/c22-16-7-5-14(21(27)24-15-6-8-17(23)19(12-15)26(28)29)11-20(16)32(30,31)25-10-9-13-3-1-2-4-18(13)25/h1-8,11-12H,9-10H2,(H,24,27). The zero-order valence-corrected chi connectivity index (χ0v) is 17.9. The molecule has 32 heavy (non-hydrogen) atoms. The van der Waals surface area contributed by atoms with E-state index in [0.29, 0.717) is 12.1 Å². The number of nitrogens with zero attached hydrogens (tertiary/aromatic N) is 2. The number of hydrogen-bond donors (Lipinski definition) is 1. The number of nitro benzene ring substituents is 1. The highest BCUT2D eigenvalue weighted by atomic mass is 35.5. The number of benzene rings is 3. The van der Waals surface area contributed by atoms with Gasteiger partial charge in [-0.3, -0.25) is 19.2 Å². The van der Waals surface area contributed by atoms with Gasteiger partial charge < -0.3 is 5.32 Å². The summed E-state index contributed by atoms with van der Waals surface area (Å²) in [6.07, 6.45) is 0.552. The Morgan fingerprint density at radius 2 is 1.88 bits per heavy atom. The molecule has 0 unspecified atom stereocenters. The minimum Gasteiger partial charge on any atom is -0.322 e. The zero-order valence-electron chi connectivity index (χ0n) is 16.3. The number of fused-ring (bicyclic) bond motifs is 1. The summed E-state index contributed by atoms with van der Waals surface area (Å²) in [5.41, 5.74) is 0.592. The van der Waals surface area contributed by atoms with Crippen molar-refractivity contribution in [1.82, 2.24) is 0 Å². The Balaban J connectivity index is 1.65. The number of hydrogen-bond acceptors (Lipinski definition) is 5. The summed E-state index contributed by atoms with van der Waals surface area (Å²) in [4.78, 5) is 22.4. The lowest BCUT2D eigenvalue weighted by atomic mass is 10.2. The van der Waals surface area contributed by atoms with Gasteiger partial charge in [0.2, 0.25) is 5.82 Å². The lowest BCUT2D eigenvalue weighted by Crippen LogP contribution is -2.29. The third kappa shape index (κ3) is 3.90. The molecule has 3 aromatic rings. The lowest BCUT2D eigenvalue weighted by Gasteiger charge is -2.20. The molecule has 0 saturated carbocycles. The number of nitro groups is 1. The molecule has 164 valence electrons. The molecule has 1 amide bonds. The maximum Gasteiger partial charge on any atom is 0.306 e. The third-order valence-corrected chi connectivity index (χ3v) is 7.30. The highest BCUT2D eigenvalue weighted by molar-refractivity contribution is 7.93. The highest BCUT2D eigenvalue weighted by Crippen LogP contribution is 2.35. The number of para-hydroxylation sites is 1. The predicted molar refractivity (Wildman–Crippen MR) is 117 cm³/mol. The van der Waals surface area contributed by atoms with E-state index in [1.807, 2.05) is 12.1 Å². The second-order valence-electron chi connectivity index (χ2n) is 6.98. The van der Waals surface area contributed by atoms with E-state index in [4.69, 9.17) is 11.6 Å². The molecule has 1 N–H and O–H groups in total. The summed E-state index contributed by atoms with van der Waals surface area (Å²) < 4.78 is 41.4. The van der Waals surface area contributed by atoms with Gasteiger partial charge in [-0.25, -0.2) is 8.42 Å². The second-order valence-corrected chi connectivity index (χ2v) is 9.22. The fraction of sp³-hybridized carbons (Fsp3) is 0.0952. The Morgan fingerprint density at radius 3 is 2.62 bits per heavy atom. The second kappa shape index (κ2) is 8.21. The zero-order chi connectivity index (χ0) is 23.0. The van der Waals surface area contributed by atoms with E-state index < -0.39 is 32.4 Å². The molecule has 0 aliphatic carbocycles. The van der Waals surface area contributed by atoms with Crippen LogP contribution in [-0.2, 0) is 16.4 Å². The van der Waals surface area contributed by atoms with Crippen LogP contribution >= 0.6 is 11.6 Å². The van der Waals surface area contributed by atoms with Crippen LogP contribution in [0.2, 0.25) is 5.02 Å². The van der Waals surface area contributed by atoms with Crippen molar-refractivity contribution < 1.29 is 22.5 Å². The molecule has 1 aliphatic rings. The summed E-state index contributed by atoms with van der Waals surface area (Å²) in [5.74, 6) is -1.78. The van der Waals surface area contributed by atoms with Crippen LogP contribution in [0.4, 0.5) is 21.5 Å². The van der Waals surface area contributed by atoms with Crippen molar-refractivity contribution in [2.75, 3.05) is 16.2 Å². The maximum absolute atomic E-state index is 13.5. The van der Waals surface area contributed by atoms with Crippen molar-refractivity contribution in [3.8, 4) is 0 Å². The van der Waals surface area contributed by atoms with Crippen LogP contribution in [-0.4, -0.2) is 25.8 Å². The topological polar surface area (TPSA) is 110 Å². The van der Waals surface area contributed by atoms with E-state index in [1.165, 1.54) is 16.4 Å². The van der Waals surface area contributed by atoms with Crippen molar-refractivity contribution in [2.45, 2.75) is 11.3 Å². The highest BCUT2D eigenvalue weighted by Gasteiger charge is 2.32. The molecule has 8 nitrogen and oxygen atoms in total. The van der Waals surface area contributed by atoms with Gasteiger partial charge in [-0.1, -0.05) is 29.8 Å². The Hall–Kier alpha value is -3.50. The molecule has 0 radical (unpaired) electrons. The summed E-state index contributed by atoms with van der Waals surface area (Å²) in [7, 11) is -4.05. The predicted octanol–water partition coefficient (Wildman–Crippen LogP) is 4.39. The molecule has 0 saturated heterocycles. The minimum absolute atomic E-state index is 0.0177.